The molecule has 0 bridgehead atoms. The first-order valence-electron chi connectivity index (χ1n) is 10.2. The van der Waals surface area contributed by atoms with Gasteiger partial charge in [-0.25, -0.2) is 4.79 Å². The summed E-state index contributed by atoms with van der Waals surface area (Å²) in [5.74, 6) is -0.243. The van der Waals surface area contributed by atoms with Crippen molar-refractivity contribution in [3.63, 3.8) is 0 Å². The molecule has 1 atom stereocenters. The van der Waals surface area contributed by atoms with Gasteiger partial charge in [0.1, 0.15) is 0 Å². The van der Waals surface area contributed by atoms with E-state index in [-0.39, 0.29) is 11.9 Å². The number of hydrogen-bond donors (Lipinski definition) is 0. The van der Waals surface area contributed by atoms with Gasteiger partial charge in [0.05, 0.1) is 33.3 Å². The number of esters is 1. The van der Waals surface area contributed by atoms with E-state index < -0.39 is 0 Å². The van der Waals surface area contributed by atoms with Gasteiger partial charge in [0.25, 0.3) is 0 Å². The normalized spacial score (nSPS) is 13.1. The van der Waals surface area contributed by atoms with E-state index in [9.17, 15) is 9.59 Å². The molecule has 26 heavy (non-hydrogen) atoms. The Morgan fingerprint density at radius 2 is 1.58 bits per heavy atom. The van der Waals surface area contributed by atoms with Crippen LogP contribution in [0.4, 0.5) is 0 Å². The highest BCUT2D eigenvalue weighted by Gasteiger charge is 2.26. The standard InChI is InChI=1S/C21H41N2O3/c1-6-9-10-11-12-13-14-15-17-23(5,19-21(25)26-8-3)18-16-22(4)20(24)7-2/h7H,2,6,8-19H2,1,3-5H3/q+1. The van der Waals surface area contributed by atoms with Gasteiger partial charge in [0.2, 0.25) is 5.91 Å². The van der Waals surface area contributed by atoms with Crippen molar-refractivity contribution < 1.29 is 18.8 Å². The molecule has 0 saturated heterocycles. The largest absolute Gasteiger partial charge is 0.462 e. The molecule has 0 aliphatic carbocycles. The molecular weight excluding hydrogens is 328 g/mol. The van der Waals surface area contributed by atoms with Gasteiger partial charge in [-0.3, -0.25) is 4.79 Å². The van der Waals surface area contributed by atoms with E-state index in [1.54, 1.807) is 11.9 Å². The van der Waals surface area contributed by atoms with E-state index in [2.05, 4.69) is 20.6 Å². The molecule has 0 spiro atoms. The molecule has 152 valence electrons. The Bertz CT molecular complexity index is 412. The minimum atomic E-state index is -0.160. The summed E-state index contributed by atoms with van der Waals surface area (Å²) in [6.45, 7) is 10.6. The quantitative estimate of drug-likeness (QED) is 0.180. The van der Waals surface area contributed by atoms with Gasteiger partial charge in [0.15, 0.2) is 6.54 Å². The molecular formula is C21H41N2O3+. The van der Waals surface area contributed by atoms with E-state index in [0.29, 0.717) is 24.2 Å². The van der Waals surface area contributed by atoms with Crippen molar-refractivity contribution in [2.24, 2.45) is 0 Å². The summed E-state index contributed by atoms with van der Waals surface area (Å²) in [6, 6.07) is 0. The zero-order valence-corrected chi connectivity index (χ0v) is 17.6. The Hall–Kier alpha value is -1.36. The number of nitrogens with zero attached hydrogens (tertiary/aromatic N) is 2. The minimum Gasteiger partial charge on any atom is -0.462 e. The zero-order valence-electron chi connectivity index (χ0n) is 17.6. The average molecular weight is 370 g/mol. The molecule has 0 aliphatic rings. The summed E-state index contributed by atoms with van der Waals surface area (Å²) >= 11 is 0. The number of rotatable bonds is 16. The van der Waals surface area contributed by atoms with Crippen molar-refractivity contribution in [3.8, 4) is 0 Å². The molecule has 0 aromatic heterocycles. The van der Waals surface area contributed by atoms with Gasteiger partial charge in [0, 0.05) is 7.05 Å². The molecule has 5 heteroatoms. The predicted molar refractivity (Wildman–Crippen MR) is 108 cm³/mol. The van der Waals surface area contributed by atoms with Crippen LogP contribution in [0.1, 0.15) is 65.2 Å². The van der Waals surface area contributed by atoms with E-state index in [4.69, 9.17) is 4.74 Å². The first-order chi connectivity index (χ1) is 12.4. The maximum atomic E-state index is 12.0. The number of carbonyl (C=O) groups excluding carboxylic acids is 2. The van der Waals surface area contributed by atoms with Crippen molar-refractivity contribution in [1.29, 1.82) is 0 Å². The maximum absolute atomic E-state index is 12.0. The lowest BCUT2D eigenvalue weighted by Crippen LogP contribution is -2.52. The Morgan fingerprint density at radius 3 is 2.12 bits per heavy atom. The zero-order chi connectivity index (χ0) is 19.8. The van der Waals surface area contributed by atoms with Crippen LogP contribution in [-0.2, 0) is 14.3 Å². The lowest BCUT2D eigenvalue weighted by Gasteiger charge is -2.35. The minimum absolute atomic E-state index is 0.0836. The monoisotopic (exact) mass is 369 g/mol. The first-order valence-corrected chi connectivity index (χ1v) is 10.2. The summed E-state index contributed by atoms with van der Waals surface area (Å²) in [5.41, 5.74) is 0. The molecule has 0 aromatic rings. The summed E-state index contributed by atoms with van der Waals surface area (Å²) in [5, 5.41) is 0. The molecule has 0 aromatic carbocycles. The highest BCUT2D eigenvalue weighted by atomic mass is 16.5. The molecule has 0 fully saturated rings. The van der Waals surface area contributed by atoms with E-state index in [0.717, 1.165) is 19.5 Å². The SMILES string of the molecule is C=CC(=O)N(C)CC[N+](C)(CCCCCCCCCC)CC(=O)OCC. The van der Waals surface area contributed by atoms with Crippen molar-refractivity contribution in [2.75, 3.05) is 46.9 Å². The molecule has 0 radical (unpaired) electrons. The molecule has 1 amide bonds. The molecule has 1 unspecified atom stereocenters. The van der Waals surface area contributed by atoms with Gasteiger partial charge >= 0.3 is 5.97 Å². The molecule has 0 N–H and O–H groups in total. The number of quaternary nitrogens is 1. The number of amides is 1. The lowest BCUT2D eigenvalue weighted by atomic mass is 10.1. The Kier molecular flexibility index (Phi) is 14.0. The highest BCUT2D eigenvalue weighted by molar-refractivity contribution is 5.86. The van der Waals surface area contributed by atoms with E-state index in [1.165, 1.54) is 51.0 Å². The second-order valence-corrected chi connectivity index (χ2v) is 7.47. The van der Waals surface area contributed by atoms with Crippen molar-refractivity contribution in [2.45, 2.75) is 65.2 Å². The topological polar surface area (TPSA) is 46.6 Å². The number of carbonyl (C=O) groups is 2. The van der Waals surface area contributed by atoms with Crippen LogP contribution >= 0.6 is 0 Å². The smallest absolute Gasteiger partial charge is 0.361 e. The summed E-state index contributed by atoms with van der Waals surface area (Å²) in [4.78, 5) is 25.3. The third kappa shape index (κ3) is 12.1. The second kappa shape index (κ2) is 14.8. The van der Waals surface area contributed by atoms with Gasteiger partial charge < -0.3 is 14.1 Å². The highest BCUT2D eigenvalue weighted by Crippen LogP contribution is 2.12. The van der Waals surface area contributed by atoms with Crippen molar-refractivity contribution >= 4 is 11.9 Å². The molecule has 0 saturated carbocycles. The Morgan fingerprint density at radius 1 is 1.00 bits per heavy atom. The van der Waals surface area contributed by atoms with Crippen LogP contribution in [0.2, 0.25) is 0 Å². The summed E-state index contributed by atoms with van der Waals surface area (Å²) in [7, 11) is 3.86. The fourth-order valence-electron chi connectivity index (χ4n) is 3.07. The number of ether oxygens (including phenoxy) is 1. The van der Waals surface area contributed by atoms with E-state index >= 15 is 0 Å². The van der Waals surface area contributed by atoms with Crippen LogP contribution in [-0.4, -0.2) is 68.1 Å². The van der Waals surface area contributed by atoms with Crippen LogP contribution in [0.5, 0.6) is 0 Å². The first kappa shape index (κ1) is 24.6. The fourth-order valence-corrected chi connectivity index (χ4v) is 3.07. The number of likely N-dealkylation sites (N-methyl/N-ethyl adjacent to an activating group) is 2. The number of unbranched alkanes of at least 4 members (excludes halogenated alkanes) is 7. The van der Waals surface area contributed by atoms with Crippen LogP contribution in [0.15, 0.2) is 12.7 Å². The Balaban J connectivity index is 4.37. The molecule has 0 heterocycles. The lowest BCUT2D eigenvalue weighted by molar-refractivity contribution is -0.902. The van der Waals surface area contributed by atoms with Crippen LogP contribution in [0, 0.1) is 0 Å². The fraction of sp³-hybridized carbons (Fsp3) is 0.810. The van der Waals surface area contributed by atoms with Gasteiger partial charge in [-0.1, -0.05) is 52.0 Å². The second-order valence-electron chi connectivity index (χ2n) is 7.47. The molecule has 5 nitrogen and oxygen atoms in total. The van der Waals surface area contributed by atoms with Crippen LogP contribution < -0.4 is 0 Å². The predicted octanol–water partition coefficient (Wildman–Crippen LogP) is 3.78. The maximum Gasteiger partial charge on any atom is 0.361 e. The van der Waals surface area contributed by atoms with Crippen molar-refractivity contribution in [3.05, 3.63) is 12.7 Å². The molecule has 0 aliphatic heterocycles. The third-order valence-corrected chi connectivity index (χ3v) is 4.89. The van der Waals surface area contributed by atoms with E-state index in [1.807, 2.05) is 6.92 Å². The van der Waals surface area contributed by atoms with Gasteiger partial charge in [-0.05, 0) is 25.8 Å². The Labute approximate surface area is 161 Å². The summed E-state index contributed by atoms with van der Waals surface area (Å²) < 4.78 is 5.76. The van der Waals surface area contributed by atoms with Crippen LogP contribution in [0.25, 0.3) is 0 Å². The van der Waals surface area contributed by atoms with Crippen LogP contribution in [0.3, 0.4) is 0 Å². The third-order valence-electron chi connectivity index (χ3n) is 4.89. The number of hydrogen-bond acceptors (Lipinski definition) is 3. The molecule has 0 rings (SSSR count). The average Bonchev–Trinajstić information content (AvgIpc) is 2.61. The van der Waals surface area contributed by atoms with Gasteiger partial charge in [-0.15, -0.1) is 0 Å². The summed E-state index contributed by atoms with van der Waals surface area (Å²) in [6.07, 6.45) is 11.5. The van der Waals surface area contributed by atoms with Gasteiger partial charge in [-0.2, -0.15) is 0 Å². The van der Waals surface area contributed by atoms with Crippen molar-refractivity contribution in [1.82, 2.24) is 4.90 Å².